The number of halogens is 4. The van der Waals surface area contributed by atoms with Crippen LogP contribution in [0.15, 0.2) is 42.9 Å². The number of rotatable bonds is 3. The Morgan fingerprint density at radius 3 is 2.54 bits per heavy atom. The third-order valence-electron chi connectivity index (χ3n) is 4.80. The van der Waals surface area contributed by atoms with Crippen LogP contribution in [0.2, 0.25) is 5.02 Å². The highest BCUT2D eigenvalue weighted by Gasteiger charge is 2.35. The molecule has 1 saturated heterocycles. The molecule has 1 aromatic carbocycles. The van der Waals surface area contributed by atoms with E-state index in [1.807, 2.05) is 17.0 Å². The second kappa shape index (κ2) is 7.52. The first-order valence-electron chi connectivity index (χ1n) is 8.80. The zero-order valence-electron chi connectivity index (χ0n) is 14.8. The summed E-state index contributed by atoms with van der Waals surface area (Å²) in [6.45, 7) is 2.77. The summed E-state index contributed by atoms with van der Waals surface area (Å²) in [5.74, 6) is 0.796. The monoisotopic (exact) mass is 407 g/mol. The van der Waals surface area contributed by atoms with Gasteiger partial charge in [-0.15, -0.1) is 0 Å². The van der Waals surface area contributed by atoms with Crippen molar-refractivity contribution in [3.8, 4) is 0 Å². The Kier molecular flexibility index (Phi) is 5.07. The molecule has 146 valence electrons. The van der Waals surface area contributed by atoms with E-state index < -0.39 is 11.9 Å². The minimum absolute atomic E-state index is 0.197. The Morgan fingerprint density at radius 1 is 1.00 bits per heavy atom. The molecule has 0 N–H and O–H groups in total. The van der Waals surface area contributed by atoms with Gasteiger partial charge in [0.1, 0.15) is 17.8 Å². The fourth-order valence-corrected chi connectivity index (χ4v) is 3.62. The maximum Gasteiger partial charge on any atom is 0.433 e. The smallest absolute Gasteiger partial charge is 0.353 e. The standard InChI is InChI=1S/C19H17ClF3N5/c20-14-3-4-16-15(10-14)18(26-12-25-16)28-8-6-27(7-9-28)11-13-2-1-5-24-17(13)19(21,22)23/h1-5,10,12H,6-9,11H2. The van der Waals surface area contributed by atoms with Gasteiger partial charge in [0.25, 0.3) is 0 Å². The van der Waals surface area contributed by atoms with E-state index in [0.717, 1.165) is 16.7 Å². The van der Waals surface area contributed by atoms with Gasteiger partial charge < -0.3 is 4.90 Å². The van der Waals surface area contributed by atoms with Gasteiger partial charge in [-0.3, -0.25) is 9.88 Å². The molecule has 3 heterocycles. The SMILES string of the molecule is FC(F)(F)c1ncccc1CN1CCN(c2ncnc3ccc(Cl)cc23)CC1. The van der Waals surface area contributed by atoms with Crippen LogP contribution in [0.3, 0.4) is 0 Å². The molecule has 0 amide bonds. The molecular weight excluding hydrogens is 391 g/mol. The predicted molar refractivity (Wildman–Crippen MR) is 101 cm³/mol. The molecule has 3 aromatic rings. The molecule has 0 atom stereocenters. The lowest BCUT2D eigenvalue weighted by atomic mass is 10.1. The van der Waals surface area contributed by atoms with Gasteiger partial charge in [-0.25, -0.2) is 9.97 Å². The maximum atomic E-state index is 13.2. The van der Waals surface area contributed by atoms with E-state index in [0.29, 0.717) is 31.2 Å². The third kappa shape index (κ3) is 3.88. The van der Waals surface area contributed by atoms with Crippen LogP contribution in [0.5, 0.6) is 0 Å². The largest absolute Gasteiger partial charge is 0.433 e. The summed E-state index contributed by atoms with van der Waals surface area (Å²) in [6.07, 6.45) is -1.75. The molecule has 5 nitrogen and oxygen atoms in total. The highest BCUT2D eigenvalue weighted by atomic mass is 35.5. The number of hydrogen-bond acceptors (Lipinski definition) is 5. The minimum Gasteiger partial charge on any atom is -0.353 e. The lowest BCUT2D eigenvalue weighted by molar-refractivity contribution is -0.142. The van der Waals surface area contributed by atoms with Crippen molar-refractivity contribution >= 4 is 28.3 Å². The second-order valence-electron chi connectivity index (χ2n) is 6.63. The number of pyridine rings is 1. The van der Waals surface area contributed by atoms with E-state index in [-0.39, 0.29) is 12.1 Å². The normalized spacial score (nSPS) is 15.9. The number of anilines is 1. The van der Waals surface area contributed by atoms with Crippen LogP contribution in [0, 0.1) is 0 Å². The molecule has 9 heteroatoms. The number of alkyl halides is 3. The van der Waals surface area contributed by atoms with Crippen molar-refractivity contribution in [3.63, 3.8) is 0 Å². The Morgan fingerprint density at radius 2 is 1.79 bits per heavy atom. The van der Waals surface area contributed by atoms with E-state index in [1.54, 1.807) is 6.07 Å². The molecule has 0 spiro atoms. The van der Waals surface area contributed by atoms with Crippen molar-refractivity contribution in [1.82, 2.24) is 19.9 Å². The summed E-state index contributed by atoms with van der Waals surface area (Å²) in [7, 11) is 0. The summed E-state index contributed by atoms with van der Waals surface area (Å²) >= 11 is 6.11. The average Bonchev–Trinajstić information content (AvgIpc) is 2.68. The third-order valence-corrected chi connectivity index (χ3v) is 5.04. The van der Waals surface area contributed by atoms with Gasteiger partial charge in [-0.05, 0) is 29.8 Å². The highest BCUT2D eigenvalue weighted by molar-refractivity contribution is 6.31. The van der Waals surface area contributed by atoms with E-state index in [4.69, 9.17) is 11.6 Å². The lowest BCUT2D eigenvalue weighted by Crippen LogP contribution is -2.46. The average molecular weight is 408 g/mol. The van der Waals surface area contributed by atoms with Crippen molar-refractivity contribution in [3.05, 3.63) is 59.1 Å². The lowest BCUT2D eigenvalue weighted by Gasteiger charge is -2.36. The van der Waals surface area contributed by atoms with Crippen LogP contribution in [0.1, 0.15) is 11.3 Å². The molecule has 1 aliphatic heterocycles. The van der Waals surface area contributed by atoms with Crippen LogP contribution < -0.4 is 4.90 Å². The first kappa shape index (κ1) is 18.9. The van der Waals surface area contributed by atoms with Crippen LogP contribution in [-0.2, 0) is 12.7 Å². The number of benzene rings is 1. The topological polar surface area (TPSA) is 45.2 Å². The second-order valence-corrected chi connectivity index (χ2v) is 7.07. The van der Waals surface area contributed by atoms with Crippen molar-refractivity contribution in [2.24, 2.45) is 0 Å². The van der Waals surface area contributed by atoms with Crippen LogP contribution in [0.25, 0.3) is 10.9 Å². The number of nitrogens with zero attached hydrogens (tertiary/aromatic N) is 5. The number of hydrogen-bond donors (Lipinski definition) is 0. The molecule has 0 radical (unpaired) electrons. The molecular formula is C19H17ClF3N5. The highest BCUT2D eigenvalue weighted by Crippen LogP contribution is 2.31. The molecule has 0 aliphatic carbocycles. The Bertz CT molecular complexity index is 987. The molecule has 4 rings (SSSR count). The fraction of sp³-hybridized carbons (Fsp3) is 0.316. The van der Waals surface area contributed by atoms with Crippen molar-refractivity contribution in [1.29, 1.82) is 0 Å². The number of fused-ring (bicyclic) bond motifs is 1. The Hall–Kier alpha value is -2.45. The van der Waals surface area contributed by atoms with Gasteiger partial charge in [0.2, 0.25) is 0 Å². The summed E-state index contributed by atoms with van der Waals surface area (Å²) < 4.78 is 39.5. The van der Waals surface area contributed by atoms with Crippen LogP contribution >= 0.6 is 11.6 Å². The summed E-state index contributed by atoms with van der Waals surface area (Å²) in [4.78, 5) is 16.3. The van der Waals surface area contributed by atoms with Crippen LogP contribution in [-0.4, -0.2) is 46.0 Å². The summed E-state index contributed by atoms with van der Waals surface area (Å²) in [5, 5.41) is 1.48. The van der Waals surface area contributed by atoms with Crippen LogP contribution in [0.4, 0.5) is 19.0 Å². The molecule has 28 heavy (non-hydrogen) atoms. The van der Waals surface area contributed by atoms with Gasteiger partial charge in [-0.2, -0.15) is 13.2 Å². The van der Waals surface area contributed by atoms with Crippen molar-refractivity contribution in [2.45, 2.75) is 12.7 Å². The van der Waals surface area contributed by atoms with Gasteiger partial charge in [0.15, 0.2) is 0 Å². The van der Waals surface area contributed by atoms with Gasteiger partial charge in [0.05, 0.1) is 5.52 Å². The quantitative estimate of drug-likeness (QED) is 0.656. The number of aromatic nitrogens is 3. The molecule has 0 bridgehead atoms. The zero-order chi connectivity index (χ0) is 19.7. The van der Waals surface area contributed by atoms with Crippen molar-refractivity contribution < 1.29 is 13.2 Å². The molecule has 1 aliphatic rings. The van der Waals surface area contributed by atoms with E-state index in [9.17, 15) is 13.2 Å². The first-order valence-corrected chi connectivity index (χ1v) is 9.18. The van der Waals surface area contributed by atoms with Gasteiger partial charge in [-0.1, -0.05) is 17.7 Å². The first-order chi connectivity index (χ1) is 13.4. The fourth-order valence-electron chi connectivity index (χ4n) is 3.45. The maximum absolute atomic E-state index is 13.2. The number of piperazine rings is 1. The van der Waals surface area contributed by atoms with E-state index in [1.165, 1.54) is 24.7 Å². The molecule has 1 fully saturated rings. The van der Waals surface area contributed by atoms with E-state index >= 15 is 0 Å². The van der Waals surface area contributed by atoms with Crippen molar-refractivity contribution in [2.75, 3.05) is 31.1 Å². The molecule has 0 unspecified atom stereocenters. The summed E-state index contributed by atoms with van der Waals surface area (Å²) in [5.41, 5.74) is 0.193. The predicted octanol–water partition coefficient (Wildman–Crippen LogP) is 4.02. The molecule has 0 saturated carbocycles. The summed E-state index contributed by atoms with van der Waals surface area (Å²) in [6, 6.07) is 8.49. The Balaban J connectivity index is 1.49. The van der Waals surface area contributed by atoms with E-state index in [2.05, 4.69) is 19.9 Å². The van der Waals surface area contributed by atoms with Gasteiger partial charge >= 0.3 is 6.18 Å². The van der Waals surface area contributed by atoms with Gasteiger partial charge in [0, 0.05) is 49.3 Å². The Labute approximate surface area is 164 Å². The zero-order valence-corrected chi connectivity index (χ0v) is 15.6. The molecule has 2 aromatic heterocycles. The minimum atomic E-state index is -4.45.